The van der Waals surface area contributed by atoms with Gasteiger partial charge in [-0.25, -0.2) is 0 Å². The molecule has 2 radical (unpaired) electrons. The van der Waals surface area contributed by atoms with Gasteiger partial charge in [-0.15, -0.1) is 9.24 Å². The molecule has 3 N–H and O–H groups in total. The second-order valence-corrected chi connectivity index (χ2v) is 4.89. The fourth-order valence-electron chi connectivity index (χ4n) is 1.27. The first-order valence-corrected chi connectivity index (χ1v) is 5.26. The topological polar surface area (TPSA) is 47.3 Å². The second-order valence-electron chi connectivity index (χ2n) is 3.74. The van der Waals surface area contributed by atoms with Crippen LogP contribution < -0.4 is 15.8 Å². The predicted octanol–water partition coefficient (Wildman–Crippen LogP) is 1.72. The summed E-state index contributed by atoms with van der Waals surface area (Å²) in [6.45, 7) is 3.71. The maximum absolute atomic E-state index is 5.83. The van der Waals surface area contributed by atoms with E-state index in [1.54, 1.807) is 13.0 Å². The highest BCUT2D eigenvalue weighted by molar-refractivity contribution is 7.21. The van der Waals surface area contributed by atoms with Crippen molar-refractivity contribution in [2.24, 2.45) is 0 Å². The molecule has 2 unspecified atom stereocenters. The number of nitrogens with one attached hydrogen (secondary N) is 1. The Bertz CT molecular complexity index is 363. The third-order valence-electron chi connectivity index (χ3n) is 1.95. The van der Waals surface area contributed by atoms with Crippen LogP contribution in [0.25, 0.3) is 0 Å². The minimum absolute atomic E-state index is 0.646. The number of ether oxygens (including phenoxy) is 1. The van der Waals surface area contributed by atoms with Gasteiger partial charge in [0.25, 0.3) is 0 Å². The van der Waals surface area contributed by atoms with Crippen molar-refractivity contribution in [1.82, 2.24) is 0 Å². The fraction of sp³-hybridized carbons (Fsp3) is 0.400. The molecule has 2 atom stereocenters. The normalized spacial score (nSPS) is 14.4. The van der Waals surface area contributed by atoms with E-state index in [2.05, 4.69) is 14.6 Å². The van der Waals surface area contributed by atoms with E-state index in [1.165, 1.54) is 0 Å². The number of benzene rings is 1. The summed E-state index contributed by atoms with van der Waals surface area (Å²) in [5.74, 6) is 0.700. The number of nitrogens with two attached hydrogens (primary N) is 1. The van der Waals surface area contributed by atoms with E-state index in [1.807, 2.05) is 20.0 Å². The number of aryl methyl sites for hydroxylation is 1. The van der Waals surface area contributed by atoms with Gasteiger partial charge in [0.05, 0.1) is 16.6 Å². The zero-order valence-corrected chi connectivity index (χ0v) is 10.4. The van der Waals surface area contributed by atoms with Gasteiger partial charge in [0, 0.05) is 13.1 Å². The summed E-state index contributed by atoms with van der Waals surface area (Å²) >= 11 is 0. The van der Waals surface area contributed by atoms with Crippen molar-refractivity contribution in [3.8, 4) is 5.75 Å². The number of hydrogen-bond donors (Lipinski definition) is 2. The molecule has 0 aliphatic heterocycles. The Morgan fingerprint density at radius 3 is 2.60 bits per heavy atom. The first-order chi connectivity index (χ1) is 6.83. The molecular formula is C10H16BN2OP. The quantitative estimate of drug-likeness (QED) is 0.465. The van der Waals surface area contributed by atoms with Crippen molar-refractivity contribution in [3.63, 3.8) is 0 Å². The van der Waals surface area contributed by atoms with Gasteiger partial charge in [-0.1, -0.05) is 0 Å². The molecule has 1 rings (SSSR count). The summed E-state index contributed by atoms with van der Waals surface area (Å²) in [6.07, 6.45) is 0. The van der Waals surface area contributed by atoms with E-state index in [9.17, 15) is 0 Å². The third kappa shape index (κ3) is 3.31. The monoisotopic (exact) mass is 222 g/mol. The highest BCUT2D eigenvalue weighted by Crippen LogP contribution is 2.31. The Morgan fingerprint density at radius 2 is 2.13 bits per heavy atom. The van der Waals surface area contributed by atoms with Crippen LogP contribution in [0.2, 0.25) is 0 Å². The van der Waals surface area contributed by atoms with Gasteiger partial charge in [0.15, 0.2) is 0 Å². The molecule has 0 aliphatic rings. The molecule has 0 aromatic heterocycles. The largest absolute Gasteiger partial charge is 0.494 e. The summed E-state index contributed by atoms with van der Waals surface area (Å²) in [5, 5.41) is 2.23. The molecule has 0 fully saturated rings. The molecule has 80 valence electrons. The summed E-state index contributed by atoms with van der Waals surface area (Å²) in [6, 6.07) is 3.71. The number of hydrogen-bond acceptors (Lipinski definition) is 3. The van der Waals surface area contributed by atoms with Crippen molar-refractivity contribution >= 4 is 28.5 Å². The van der Waals surface area contributed by atoms with Gasteiger partial charge >= 0.3 is 0 Å². The Labute approximate surface area is 94.4 Å². The molecule has 0 aliphatic carbocycles. The lowest BCUT2D eigenvalue weighted by molar-refractivity contribution is 0.266. The first kappa shape index (κ1) is 12.2. The van der Waals surface area contributed by atoms with Gasteiger partial charge in [0.2, 0.25) is 0 Å². The van der Waals surface area contributed by atoms with E-state index < -0.39 is 5.24 Å². The molecule has 0 spiro atoms. The summed E-state index contributed by atoms with van der Waals surface area (Å²) < 4.78 is 5.55. The average Bonchev–Trinajstić information content (AvgIpc) is 2.08. The molecule has 0 heterocycles. The van der Waals surface area contributed by atoms with Crippen LogP contribution in [0, 0.1) is 6.92 Å². The summed E-state index contributed by atoms with van der Waals surface area (Å²) in [4.78, 5) is 0. The lowest BCUT2D eigenvalue weighted by Crippen LogP contribution is -2.24. The number of rotatable bonds is 3. The lowest BCUT2D eigenvalue weighted by Gasteiger charge is -2.24. The van der Waals surface area contributed by atoms with Crippen LogP contribution in [-0.2, 0) is 0 Å². The molecule has 1 aromatic rings. The number of anilines is 2. The Morgan fingerprint density at radius 1 is 1.53 bits per heavy atom. The van der Waals surface area contributed by atoms with Gasteiger partial charge < -0.3 is 15.8 Å². The molecule has 0 amide bonds. The minimum Gasteiger partial charge on any atom is -0.494 e. The van der Waals surface area contributed by atoms with Crippen LogP contribution in [0.1, 0.15) is 12.5 Å². The second kappa shape index (κ2) is 4.32. The Kier molecular flexibility index (Phi) is 3.51. The van der Waals surface area contributed by atoms with Gasteiger partial charge in [-0.05, 0) is 25.5 Å². The van der Waals surface area contributed by atoms with Crippen LogP contribution in [-0.4, -0.2) is 20.1 Å². The van der Waals surface area contributed by atoms with Crippen molar-refractivity contribution in [1.29, 1.82) is 0 Å². The Hall–Kier alpha value is -0.885. The highest BCUT2D eigenvalue weighted by atomic mass is 31.0. The van der Waals surface area contributed by atoms with E-state index in [4.69, 9.17) is 18.3 Å². The lowest BCUT2D eigenvalue weighted by atomic mass is 10.0. The van der Waals surface area contributed by atoms with E-state index >= 15 is 0 Å². The smallest absolute Gasteiger partial charge is 0.136 e. The van der Waals surface area contributed by atoms with Crippen molar-refractivity contribution in [2.45, 2.75) is 19.1 Å². The van der Waals surface area contributed by atoms with Crippen LogP contribution in [0.5, 0.6) is 5.75 Å². The van der Waals surface area contributed by atoms with Crippen LogP contribution in [0.4, 0.5) is 11.4 Å². The molecular weight excluding hydrogens is 206 g/mol. The standard InChI is InChI=1S/C10H16BN2OP/c1-6-4-8(13-3)7(12)5-9(6)14-10(2,11)15/h4-5,13H,12,15H2,1-3H3. The van der Waals surface area contributed by atoms with E-state index in [0.717, 1.165) is 11.3 Å². The van der Waals surface area contributed by atoms with Gasteiger partial charge in [-0.3, -0.25) is 0 Å². The summed E-state index contributed by atoms with van der Waals surface area (Å²) in [7, 11) is 10.00. The molecule has 5 heteroatoms. The molecule has 0 bridgehead atoms. The SMILES string of the molecule is [B]C(C)(P)Oc1cc(N)c(NC)cc1C. The minimum atomic E-state index is -0.779. The zero-order valence-electron chi connectivity index (χ0n) is 9.29. The maximum atomic E-state index is 5.83. The molecule has 15 heavy (non-hydrogen) atoms. The zero-order chi connectivity index (χ0) is 11.6. The molecule has 1 aromatic carbocycles. The molecule has 0 saturated carbocycles. The van der Waals surface area contributed by atoms with Crippen LogP contribution >= 0.6 is 9.24 Å². The Balaban J connectivity index is 3.05. The van der Waals surface area contributed by atoms with Crippen molar-refractivity contribution in [3.05, 3.63) is 17.7 Å². The van der Waals surface area contributed by atoms with Crippen molar-refractivity contribution < 1.29 is 4.74 Å². The molecule has 3 nitrogen and oxygen atoms in total. The first-order valence-electron chi connectivity index (χ1n) is 4.68. The number of nitrogen functional groups attached to an aromatic ring is 1. The predicted molar refractivity (Wildman–Crippen MR) is 69.6 cm³/mol. The van der Waals surface area contributed by atoms with Gasteiger partial charge in [-0.2, -0.15) is 0 Å². The van der Waals surface area contributed by atoms with E-state index in [-0.39, 0.29) is 0 Å². The van der Waals surface area contributed by atoms with Crippen LogP contribution in [0.3, 0.4) is 0 Å². The van der Waals surface area contributed by atoms with Crippen molar-refractivity contribution in [2.75, 3.05) is 18.1 Å². The van der Waals surface area contributed by atoms with Crippen LogP contribution in [0.15, 0.2) is 12.1 Å². The third-order valence-corrected chi connectivity index (χ3v) is 2.06. The van der Waals surface area contributed by atoms with E-state index in [0.29, 0.717) is 11.4 Å². The maximum Gasteiger partial charge on any atom is 0.136 e. The van der Waals surface area contributed by atoms with Gasteiger partial charge in [0.1, 0.15) is 13.6 Å². The summed E-state index contributed by atoms with van der Waals surface area (Å²) in [5.41, 5.74) is 8.36. The molecule has 0 saturated heterocycles. The fourth-order valence-corrected chi connectivity index (χ4v) is 1.39. The average molecular weight is 222 g/mol. The highest BCUT2D eigenvalue weighted by Gasteiger charge is 2.14.